The molecule has 0 aliphatic rings. The average molecular weight is 462 g/mol. The Labute approximate surface area is 174 Å². The summed E-state index contributed by atoms with van der Waals surface area (Å²) in [6.45, 7) is 0.108. The Balaban J connectivity index is 1.79. The molecule has 8 heteroatoms. The number of likely N-dealkylation sites (N-methyl/N-ethyl adjacent to an activating group) is 1. The van der Waals surface area contributed by atoms with Gasteiger partial charge in [0.05, 0.1) is 20.9 Å². The topological polar surface area (TPSA) is 53.5 Å². The minimum Gasteiger partial charge on any atom is -0.332 e. The van der Waals surface area contributed by atoms with Crippen LogP contribution in [0.2, 0.25) is 0 Å². The second kappa shape index (κ2) is 9.07. The number of carbonyl (C=O) groups excluding carboxylic acids is 2. The van der Waals surface area contributed by atoms with Crippen LogP contribution in [0, 0.1) is 5.82 Å². The van der Waals surface area contributed by atoms with Crippen molar-refractivity contribution in [1.29, 1.82) is 0 Å². The standard InChI is InChI=1S/C20H17BrFN3O2S/c1-24(20(27)17-9-10-18(21)28-17)13-19(26)25(12-15-4-2-3-11-23-15)16-7-5-14(22)6-8-16/h2-11H,12-13H2,1H3. The molecule has 1 aromatic carbocycles. The number of halogens is 2. The smallest absolute Gasteiger partial charge is 0.264 e. The van der Waals surface area contributed by atoms with Crippen LogP contribution in [0.25, 0.3) is 0 Å². The van der Waals surface area contributed by atoms with Gasteiger partial charge >= 0.3 is 0 Å². The number of nitrogens with zero attached hydrogens (tertiary/aromatic N) is 3. The number of benzene rings is 1. The van der Waals surface area contributed by atoms with E-state index in [0.29, 0.717) is 16.3 Å². The van der Waals surface area contributed by atoms with Crippen molar-refractivity contribution in [2.45, 2.75) is 6.54 Å². The number of aromatic nitrogens is 1. The van der Waals surface area contributed by atoms with Gasteiger partial charge in [-0.25, -0.2) is 4.39 Å². The van der Waals surface area contributed by atoms with E-state index in [0.717, 1.165) is 3.79 Å². The van der Waals surface area contributed by atoms with Crippen molar-refractivity contribution >= 4 is 44.8 Å². The summed E-state index contributed by atoms with van der Waals surface area (Å²) in [6, 6.07) is 14.6. The van der Waals surface area contributed by atoms with Crippen LogP contribution in [0.3, 0.4) is 0 Å². The second-order valence-corrected chi connectivity index (χ2v) is 8.51. The van der Waals surface area contributed by atoms with Crippen molar-refractivity contribution in [3.63, 3.8) is 0 Å². The van der Waals surface area contributed by atoms with Crippen LogP contribution in [0.5, 0.6) is 0 Å². The molecule has 2 heterocycles. The van der Waals surface area contributed by atoms with Gasteiger partial charge in [0.1, 0.15) is 12.4 Å². The Hall–Kier alpha value is -2.58. The first kappa shape index (κ1) is 20.2. The number of hydrogen-bond donors (Lipinski definition) is 0. The number of pyridine rings is 1. The molecule has 0 aliphatic carbocycles. The van der Waals surface area contributed by atoms with Crippen LogP contribution in [0.4, 0.5) is 10.1 Å². The third-order valence-electron chi connectivity index (χ3n) is 3.99. The zero-order valence-corrected chi connectivity index (χ0v) is 17.4. The van der Waals surface area contributed by atoms with Crippen LogP contribution < -0.4 is 4.90 Å². The van der Waals surface area contributed by atoms with Crippen molar-refractivity contribution in [3.8, 4) is 0 Å². The van der Waals surface area contributed by atoms with E-state index in [1.165, 1.54) is 45.4 Å². The van der Waals surface area contributed by atoms with E-state index in [1.807, 2.05) is 12.1 Å². The summed E-state index contributed by atoms with van der Waals surface area (Å²) >= 11 is 4.64. The van der Waals surface area contributed by atoms with E-state index in [9.17, 15) is 14.0 Å². The fraction of sp³-hybridized carbons (Fsp3) is 0.150. The molecule has 3 aromatic rings. The Morgan fingerprint density at radius 1 is 1.11 bits per heavy atom. The fourth-order valence-corrected chi connectivity index (χ4v) is 3.96. The van der Waals surface area contributed by atoms with E-state index in [1.54, 1.807) is 31.4 Å². The normalized spacial score (nSPS) is 10.5. The van der Waals surface area contributed by atoms with E-state index in [4.69, 9.17) is 0 Å². The molecule has 0 N–H and O–H groups in total. The summed E-state index contributed by atoms with van der Waals surface area (Å²) in [6.07, 6.45) is 1.65. The minimum absolute atomic E-state index is 0.113. The minimum atomic E-state index is -0.385. The zero-order chi connectivity index (χ0) is 20.1. The molecule has 5 nitrogen and oxygen atoms in total. The van der Waals surface area contributed by atoms with Gasteiger partial charge in [-0.15, -0.1) is 11.3 Å². The SMILES string of the molecule is CN(CC(=O)N(Cc1ccccn1)c1ccc(F)cc1)C(=O)c1ccc(Br)s1. The highest BCUT2D eigenvalue weighted by Gasteiger charge is 2.22. The maximum absolute atomic E-state index is 13.3. The second-order valence-electron chi connectivity index (χ2n) is 6.04. The maximum atomic E-state index is 13.3. The number of anilines is 1. The third-order valence-corrected chi connectivity index (χ3v) is 5.60. The van der Waals surface area contributed by atoms with Crippen molar-refractivity contribution in [3.05, 3.63) is 81.0 Å². The quantitative estimate of drug-likeness (QED) is 0.548. The number of hydrogen-bond acceptors (Lipinski definition) is 4. The van der Waals surface area contributed by atoms with E-state index in [2.05, 4.69) is 20.9 Å². The van der Waals surface area contributed by atoms with E-state index in [-0.39, 0.29) is 30.7 Å². The molecule has 2 amide bonds. The molecule has 3 rings (SSSR count). The van der Waals surface area contributed by atoms with Crippen molar-refractivity contribution in [2.75, 3.05) is 18.5 Å². The number of carbonyl (C=O) groups is 2. The highest BCUT2D eigenvalue weighted by atomic mass is 79.9. The van der Waals surface area contributed by atoms with Crippen LogP contribution >= 0.6 is 27.3 Å². The van der Waals surface area contributed by atoms with Gasteiger partial charge in [-0.2, -0.15) is 0 Å². The largest absolute Gasteiger partial charge is 0.332 e. The van der Waals surface area contributed by atoms with Gasteiger partial charge in [0.25, 0.3) is 5.91 Å². The maximum Gasteiger partial charge on any atom is 0.264 e. The summed E-state index contributed by atoms with van der Waals surface area (Å²) in [5.74, 6) is -0.908. The third kappa shape index (κ3) is 5.02. The lowest BCUT2D eigenvalue weighted by Gasteiger charge is -2.25. The molecule has 0 atom stereocenters. The highest BCUT2D eigenvalue weighted by Crippen LogP contribution is 2.23. The molecule has 2 aromatic heterocycles. The lowest BCUT2D eigenvalue weighted by atomic mass is 10.2. The summed E-state index contributed by atoms with van der Waals surface area (Å²) in [5.41, 5.74) is 1.23. The Morgan fingerprint density at radius 3 is 2.46 bits per heavy atom. The van der Waals surface area contributed by atoms with Crippen LogP contribution in [-0.2, 0) is 11.3 Å². The predicted octanol–water partition coefficient (Wildman–Crippen LogP) is 4.35. The predicted molar refractivity (Wildman–Crippen MR) is 111 cm³/mol. The molecule has 0 unspecified atom stereocenters. The van der Waals surface area contributed by atoms with Gasteiger partial charge in [0.15, 0.2) is 0 Å². The molecule has 144 valence electrons. The number of thiophene rings is 1. The summed E-state index contributed by atoms with van der Waals surface area (Å²) in [7, 11) is 1.58. The van der Waals surface area contributed by atoms with Crippen LogP contribution in [0.1, 0.15) is 15.4 Å². The Bertz CT molecular complexity index is 963. The van der Waals surface area contributed by atoms with Gasteiger partial charge in [0, 0.05) is 18.9 Å². The lowest BCUT2D eigenvalue weighted by molar-refractivity contribution is -0.119. The van der Waals surface area contributed by atoms with Gasteiger partial charge in [-0.3, -0.25) is 14.6 Å². The van der Waals surface area contributed by atoms with Crippen molar-refractivity contribution < 1.29 is 14.0 Å². The van der Waals surface area contributed by atoms with E-state index >= 15 is 0 Å². The van der Waals surface area contributed by atoms with Gasteiger partial charge < -0.3 is 9.80 Å². The monoisotopic (exact) mass is 461 g/mol. The summed E-state index contributed by atoms with van der Waals surface area (Å²) in [4.78, 5) is 33.2. The summed E-state index contributed by atoms with van der Waals surface area (Å²) in [5, 5.41) is 0. The fourth-order valence-electron chi connectivity index (χ4n) is 2.58. The Kier molecular flexibility index (Phi) is 6.53. The molecular weight excluding hydrogens is 445 g/mol. The number of rotatable bonds is 6. The molecule has 0 spiro atoms. The van der Waals surface area contributed by atoms with Crippen molar-refractivity contribution in [1.82, 2.24) is 9.88 Å². The van der Waals surface area contributed by atoms with Crippen molar-refractivity contribution in [2.24, 2.45) is 0 Å². The average Bonchev–Trinajstić information content (AvgIpc) is 3.13. The first-order valence-electron chi connectivity index (χ1n) is 8.40. The molecule has 0 saturated heterocycles. The molecular formula is C20H17BrFN3O2S. The molecule has 0 radical (unpaired) electrons. The molecule has 0 aliphatic heterocycles. The first-order chi connectivity index (χ1) is 13.4. The lowest BCUT2D eigenvalue weighted by Crippen LogP contribution is -2.41. The van der Waals surface area contributed by atoms with Crippen LogP contribution in [-0.4, -0.2) is 35.3 Å². The number of amides is 2. The Morgan fingerprint density at radius 2 is 1.86 bits per heavy atom. The summed E-state index contributed by atoms with van der Waals surface area (Å²) < 4.78 is 14.2. The van der Waals surface area contributed by atoms with Gasteiger partial charge in [-0.1, -0.05) is 6.07 Å². The van der Waals surface area contributed by atoms with E-state index < -0.39 is 0 Å². The van der Waals surface area contributed by atoms with Crippen LogP contribution in [0.15, 0.2) is 64.6 Å². The molecule has 0 bridgehead atoms. The molecule has 28 heavy (non-hydrogen) atoms. The zero-order valence-electron chi connectivity index (χ0n) is 15.0. The first-order valence-corrected chi connectivity index (χ1v) is 10.0. The molecule has 0 saturated carbocycles. The highest BCUT2D eigenvalue weighted by molar-refractivity contribution is 9.11. The van der Waals surface area contributed by atoms with Gasteiger partial charge in [-0.05, 0) is 64.5 Å². The van der Waals surface area contributed by atoms with Gasteiger partial charge in [0.2, 0.25) is 5.91 Å². The molecule has 0 fully saturated rings.